The molecule has 0 aromatic rings. The summed E-state index contributed by atoms with van der Waals surface area (Å²) in [6.07, 6.45) is 0. The van der Waals surface area contributed by atoms with Crippen LogP contribution in [0.4, 0.5) is 0 Å². The third-order valence-corrected chi connectivity index (χ3v) is 2.99. The molecule has 3 heteroatoms. The Morgan fingerprint density at radius 2 is 2.20 bits per heavy atom. The SMILES string of the molecule is CC1CN(C)C(=[N+](C)C)S1. The number of rotatable bonds is 0. The van der Waals surface area contributed by atoms with Crippen molar-refractivity contribution in [3.05, 3.63) is 0 Å². The maximum atomic E-state index is 2.30. The Morgan fingerprint density at radius 3 is 2.40 bits per heavy atom. The van der Waals surface area contributed by atoms with Gasteiger partial charge in [0.25, 0.3) is 0 Å². The van der Waals surface area contributed by atoms with Gasteiger partial charge in [-0.25, -0.2) is 0 Å². The number of amidine groups is 1. The molecule has 1 saturated heterocycles. The number of nitrogens with zero attached hydrogens (tertiary/aromatic N) is 2. The van der Waals surface area contributed by atoms with Crippen LogP contribution in [0.25, 0.3) is 0 Å². The molecule has 1 aliphatic heterocycles. The van der Waals surface area contributed by atoms with Crippen LogP contribution in [-0.2, 0) is 0 Å². The van der Waals surface area contributed by atoms with E-state index in [-0.39, 0.29) is 0 Å². The van der Waals surface area contributed by atoms with Crippen molar-refractivity contribution in [2.75, 3.05) is 27.7 Å². The number of thioether (sulfide) groups is 1. The van der Waals surface area contributed by atoms with E-state index >= 15 is 0 Å². The van der Waals surface area contributed by atoms with Crippen LogP contribution in [0, 0.1) is 0 Å². The Bertz CT molecular complexity index is 161. The summed E-state index contributed by atoms with van der Waals surface area (Å²) >= 11 is 1.95. The summed E-state index contributed by atoms with van der Waals surface area (Å²) in [6, 6.07) is 0. The van der Waals surface area contributed by atoms with Gasteiger partial charge >= 0.3 is 5.17 Å². The molecule has 1 aliphatic rings. The smallest absolute Gasteiger partial charge is 0.262 e. The lowest BCUT2D eigenvalue weighted by Gasteiger charge is -2.03. The molecule has 0 radical (unpaired) electrons. The van der Waals surface area contributed by atoms with Crippen molar-refractivity contribution in [3.63, 3.8) is 0 Å². The van der Waals surface area contributed by atoms with Gasteiger partial charge in [-0.05, 0) is 18.7 Å². The largest absolute Gasteiger partial charge is 0.308 e. The lowest BCUT2D eigenvalue weighted by molar-refractivity contribution is -0.466. The zero-order valence-electron chi connectivity index (χ0n) is 7.09. The van der Waals surface area contributed by atoms with Crippen LogP contribution >= 0.6 is 11.8 Å². The predicted molar refractivity (Wildman–Crippen MR) is 46.8 cm³/mol. The quantitative estimate of drug-likeness (QED) is 0.480. The van der Waals surface area contributed by atoms with Gasteiger partial charge in [0.15, 0.2) is 0 Å². The van der Waals surface area contributed by atoms with Gasteiger partial charge in [-0.15, -0.1) is 0 Å². The Labute approximate surface area is 66.9 Å². The van der Waals surface area contributed by atoms with E-state index in [1.54, 1.807) is 0 Å². The molecule has 0 bridgehead atoms. The summed E-state index contributed by atoms with van der Waals surface area (Å²) in [4.78, 5) is 2.30. The molecule has 0 saturated carbocycles. The summed E-state index contributed by atoms with van der Waals surface area (Å²) in [5.74, 6) is 0. The highest BCUT2D eigenvalue weighted by Gasteiger charge is 2.29. The molecule has 0 aromatic carbocycles. The second kappa shape index (κ2) is 2.82. The minimum atomic E-state index is 0.752. The maximum absolute atomic E-state index is 2.30. The molecule has 0 N–H and O–H groups in total. The van der Waals surface area contributed by atoms with Crippen molar-refractivity contribution in [3.8, 4) is 0 Å². The van der Waals surface area contributed by atoms with Gasteiger partial charge in [0.1, 0.15) is 0 Å². The topological polar surface area (TPSA) is 6.25 Å². The molecule has 0 aromatic heterocycles. The van der Waals surface area contributed by atoms with Crippen molar-refractivity contribution < 1.29 is 4.58 Å². The highest BCUT2D eigenvalue weighted by atomic mass is 32.2. The first-order valence-corrected chi connectivity index (χ1v) is 4.41. The predicted octanol–water partition coefficient (Wildman–Crippen LogP) is 0.682. The highest BCUT2D eigenvalue weighted by Crippen LogP contribution is 2.22. The average molecular weight is 159 g/mol. The van der Waals surface area contributed by atoms with Gasteiger partial charge in [-0.2, -0.15) is 0 Å². The van der Waals surface area contributed by atoms with Gasteiger partial charge in [0.05, 0.1) is 32.9 Å². The van der Waals surface area contributed by atoms with Crippen LogP contribution in [0.15, 0.2) is 0 Å². The summed E-state index contributed by atoms with van der Waals surface area (Å²) in [7, 11) is 6.33. The minimum Gasteiger partial charge on any atom is -0.262 e. The van der Waals surface area contributed by atoms with E-state index in [0.717, 1.165) is 5.25 Å². The molecule has 1 unspecified atom stereocenters. The third-order valence-electron chi connectivity index (χ3n) is 1.55. The molecule has 2 nitrogen and oxygen atoms in total. The molecule has 10 heavy (non-hydrogen) atoms. The first kappa shape index (κ1) is 7.92. The van der Waals surface area contributed by atoms with Crippen molar-refractivity contribution in [2.24, 2.45) is 0 Å². The van der Waals surface area contributed by atoms with Crippen LogP contribution in [0.2, 0.25) is 0 Å². The Kier molecular flexibility index (Phi) is 2.24. The molecule has 1 fully saturated rings. The second-order valence-corrected chi connectivity index (χ2v) is 4.39. The molecule has 0 aliphatic carbocycles. The van der Waals surface area contributed by atoms with E-state index in [0.29, 0.717) is 0 Å². The molecule has 1 heterocycles. The van der Waals surface area contributed by atoms with E-state index in [9.17, 15) is 0 Å². The summed E-state index contributed by atoms with van der Waals surface area (Å²) in [6.45, 7) is 3.44. The van der Waals surface area contributed by atoms with Gasteiger partial charge < -0.3 is 0 Å². The van der Waals surface area contributed by atoms with E-state index in [2.05, 4.69) is 37.5 Å². The van der Waals surface area contributed by atoms with Gasteiger partial charge in [-0.1, -0.05) is 0 Å². The summed E-state index contributed by atoms with van der Waals surface area (Å²) in [5, 5.41) is 2.13. The number of hydrogen-bond donors (Lipinski definition) is 0. The van der Waals surface area contributed by atoms with Crippen molar-refractivity contribution in [2.45, 2.75) is 12.2 Å². The van der Waals surface area contributed by atoms with Crippen LogP contribution in [0.5, 0.6) is 0 Å². The van der Waals surface area contributed by atoms with Gasteiger partial charge in [0, 0.05) is 0 Å². The van der Waals surface area contributed by atoms with E-state index < -0.39 is 0 Å². The fourth-order valence-electron chi connectivity index (χ4n) is 1.22. The minimum absolute atomic E-state index is 0.752. The highest BCUT2D eigenvalue weighted by molar-refractivity contribution is 8.14. The summed E-state index contributed by atoms with van der Waals surface area (Å²) in [5.41, 5.74) is 0. The monoisotopic (exact) mass is 159 g/mol. The lowest BCUT2D eigenvalue weighted by Crippen LogP contribution is -2.25. The molecular weight excluding hydrogens is 144 g/mol. The van der Waals surface area contributed by atoms with E-state index in [1.807, 2.05) is 11.8 Å². The zero-order chi connectivity index (χ0) is 7.72. The fraction of sp³-hybridized carbons (Fsp3) is 0.857. The molecule has 1 rings (SSSR count). The standard InChI is InChI=1S/C7H15N2S/c1-6-5-9(4)7(10-6)8(2)3/h6H,5H2,1-4H3/q+1. The first-order valence-electron chi connectivity index (χ1n) is 3.53. The fourth-order valence-corrected chi connectivity index (χ4v) is 2.34. The average Bonchev–Trinajstić information content (AvgIpc) is 2.10. The molecule has 0 spiro atoms. The van der Waals surface area contributed by atoms with Crippen LogP contribution in [0.3, 0.4) is 0 Å². The van der Waals surface area contributed by atoms with Crippen molar-refractivity contribution in [1.82, 2.24) is 4.90 Å². The van der Waals surface area contributed by atoms with Crippen molar-refractivity contribution >= 4 is 16.9 Å². The molecule has 0 amide bonds. The van der Waals surface area contributed by atoms with Gasteiger partial charge in [-0.3, -0.25) is 9.48 Å². The van der Waals surface area contributed by atoms with Crippen LogP contribution < -0.4 is 0 Å². The molecule has 58 valence electrons. The lowest BCUT2D eigenvalue weighted by atomic mass is 10.4. The summed E-state index contributed by atoms with van der Waals surface area (Å²) < 4.78 is 2.17. The Hall–Kier alpha value is -0.180. The molecular formula is C7H15N2S+. The van der Waals surface area contributed by atoms with Gasteiger partial charge in [0.2, 0.25) is 0 Å². The molecule has 1 atom stereocenters. The third kappa shape index (κ3) is 1.45. The first-order chi connectivity index (χ1) is 4.61. The van der Waals surface area contributed by atoms with E-state index in [1.165, 1.54) is 11.7 Å². The normalized spacial score (nSPS) is 25.8. The number of hydrogen-bond acceptors (Lipinski definition) is 1. The van der Waals surface area contributed by atoms with Crippen LogP contribution in [0.1, 0.15) is 6.92 Å². The van der Waals surface area contributed by atoms with Crippen LogP contribution in [-0.4, -0.2) is 47.6 Å². The Balaban J connectivity index is 2.73. The second-order valence-electron chi connectivity index (χ2n) is 2.99. The van der Waals surface area contributed by atoms with E-state index in [4.69, 9.17) is 0 Å². The van der Waals surface area contributed by atoms with Crippen molar-refractivity contribution in [1.29, 1.82) is 0 Å². The Morgan fingerprint density at radius 1 is 1.60 bits per heavy atom. The maximum Gasteiger partial charge on any atom is 0.308 e. The zero-order valence-corrected chi connectivity index (χ0v) is 7.90.